The van der Waals surface area contributed by atoms with Crippen molar-refractivity contribution >= 4 is 11.9 Å². The molecule has 234 valence electrons. The van der Waals surface area contributed by atoms with Gasteiger partial charge in [0.05, 0.1) is 11.1 Å². The fourth-order valence-electron chi connectivity index (χ4n) is 4.64. The highest BCUT2D eigenvalue weighted by Crippen LogP contribution is 2.41. The molecule has 2 aromatic rings. The summed E-state index contributed by atoms with van der Waals surface area (Å²) in [7, 11) is 0. The normalized spacial score (nSPS) is 14.5. The first kappa shape index (κ1) is 35.1. The summed E-state index contributed by atoms with van der Waals surface area (Å²) < 4.78 is 11.1. The number of hydrogen-bond donors (Lipinski definition) is 3. The molecule has 0 aromatic heterocycles. The average molecular weight is 586 g/mol. The zero-order valence-electron chi connectivity index (χ0n) is 27.9. The highest BCUT2D eigenvalue weighted by molar-refractivity contribution is 5.91. The molecule has 0 amide bonds. The SMILES string of the molecule is CC(OC(=O)c1cc(C(C)(C)C)c(O)c(C(C)(C)C)c1)N(O)C(C)OC(=O)c1cc(C(C)(C)C)c(O)c(C(C)(C)C)c1. The minimum atomic E-state index is -1.17. The third-order valence-electron chi connectivity index (χ3n) is 7.22. The van der Waals surface area contributed by atoms with E-state index in [4.69, 9.17) is 9.47 Å². The Labute approximate surface area is 251 Å². The predicted octanol–water partition coefficient (Wildman–Crippen LogP) is 7.68. The van der Waals surface area contributed by atoms with Crippen molar-refractivity contribution in [2.75, 3.05) is 0 Å². The minimum absolute atomic E-state index is 0.141. The van der Waals surface area contributed by atoms with Crippen LogP contribution in [0.4, 0.5) is 0 Å². The Morgan fingerprint density at radius 2 is 0.786 bits per heavy atom. The minimum Gasteiger partial charge on any atom is -0.507 e. The lowest BCUT2D eigenvalue weighted by atomic mass is 9.78. The van der Waals surface area contributed by atoms with Gasteiger partial charge >= 0.3 is 11.9 Å². The van der Waals surface area contributed by atoms with Gasteiger partial charge < -0.3 is 24.9 Å². The van der Waals surface area contributed by atoms with Crippen LogP contribution in [0, 0.1) is 0 Å². The van der Waals surface area contributed by atoms with Crippen molar-refractivity contribution in [2.45, 2.75) is 131 Å². The second-order valence-corrected chi connectivity index (χ2v) is 15.2. The first-order valence-corrected chi connectivity index (χ1v) is 14.4. The molecule has 8 heteroatoms. The molecule has 0 spiro atoms. The van der Waals surface area contributed by atoms with Gasteiger partial charge in [-0.3, -0.25) is 0 Å². The van der Waals surface area contributed by atoms with E-state index in [-0.39, 0.29) is 22.6 Å². The molecule has 0 saturated heterocycles. The molecule has 0 aliphatic carbocycles. The largest absolute Gasteiger partial charge is 0.507 e. The lowest BCUT2D eigenvalue weighted by Crippen LogP contribution is -2.42. The summed E-state index contributed by atoms with van der Waals surface area (Å²) in [5.41, 5.74) is 1.15. The zero-order valence-corrected chi connectivity index (χ0v) is 27.9. The Hall–Kier alpha value is -3.10. The van der Waals surface area contributed by atoms with E-state index in [2.05, 4.69) is 0 Å². The first-order chi connectivity index (χ1) is 18.8. The first-order valence-electron chi connectivity index (χ1n) is 14.4. The van der Waals surface area contributed by atoms with Crippen LogP contribution >= 0.6 is 0 Å². The molecular formula is C34H51NO7. The molecular weight excluding hydrogens is 534 g/mol. The second kappa shape index (κ2) is 11.9. The Morgan fingerprint density at radius 3 is 0.976 bits per heavy atom. The highest BCUT2D eigenvalue weighted by atomic mass is 16.7. The van der Waals surface area contributed by atoms with Gasteiger partial charge in [-0.2, -0.15) is 0 Å². The number of hydrogen-bond acceptors (Lipinski definition) is 8. The summed E-state index contributed by atoms with van der Waals surface area (Å²) in [6, 6.07) is 6.43. The van der Waals surface area contributed by atoms with Crippen LogP contribution in [0.15, 0.2) is 24.3 Å². The third kappa shape index (κ3) is 8.04. The van der Waals surface area contributed by atoms with Crippen molar-refractivity contribution < 1.29 is 34.5 Å². The van der Waals surface area contributed by atoms with E-state index < -0.39 is 46.1 Å². The molecule has 0 radical (unpaired) electrons. The van der Waals surface area contributed by atoms with Crippen LogP contribution in [0.1, 0.15) is 140 Å². The molecule has 0 aliphatic rings. The average Bonchev–Trinajstić information content (AvgIpc) is 2.80. The number of aromatic hydroxyl groups is 2. The highest BCUT2D eigenvalue weighted by Gasteiger charge is 2.32. The fourth-order valence-corrected chi connectivity index (χ4v) is 4.64. The van der Waals surface area contributed by atoms with Gasteiger partial charge in [0, 0.05) is 22.3 Å². The number of rotatable bonds is 6. The van der Waals surface area contributed by atoms with Crippen LogP contribution in [0.2, 0.25) is 0 Å². The van der Waals surface area contributed by atoms with E-state index >= 15 is 0 Å². The number of hydroxylamine groups is 2. The summed E-state index contributed by atoms with van der Waals surface area (Å²) in [6.07, 6.45) is -2.33. The van der Waals surface area contributed by atoms with Crippen molar-refractivity contribution in [2.24, 2.45) is 0 Å². The Kier molecular flexibility index (Phi) is 9.93. The molecule has 0 bridgehead atoms. The molecule has 2 aromatic carbocycles. The predicted molar refractivity (Wildman–Crippen MR) is 164 cm³/mol. The number of carbonyl (C=O) groups is 2. The third-order valence-corrected chi connectivity index (χ3v) is 7.22. The number of nitrogens with zero attached hydrogens (tertiary/aromatic N) is 1. The fraction of sp³-hybridized carbons (Fsp3) is 0.588. The second-order valence-electron chi connectivity index (χ2n) is 15.2. The van der Waals surface area contributed by atoms with Crippen molar-refractivity contribution in [3.8, 4) is 11.5 Å². The van der Waals surface area contributed by atoms with Gasteiger partial charge in [-0.25, -0.2) is 9.59 Å². The Balaban J connectivity index is 2.31. The number of ether oxygens (including phenoxy) is 2. The maximum atomic E-state index is 13.2. The van der Waals surface area contributed by atoms with E-state index in [0.717, 1.165) is 0 Å². The molecule has 42 heavy (non-hydrogen) atoms. The van der Waals surface area contributed by atoms with Gasteiger partial charge in [0.1, 0.15) is 11.5 Å². The van der Waals surface area contributed by atoms with Crippen LogP contribution in [0.5, 0.6) is 11.5 Å². The summed E-state index contributed by atoms with van der Waals surface area (Å²) in [4.78, 5) is 26.4. The van der Waals surface area contributed by atoms with E-state index in [1.165, 1.54) is 13.8 Å². The van der Waals surface area contributed by atoms with Gasteiger partial charge in [0.2, 0.25) is 0 Å². The topological polar surface area (TPSA) is 117 Å². The maximum absolute atomic E-state index is 13.2. The number of carbonyl (C=O) groups excluding carboxylic acids is 2. The Bertz CT molecular complexity index is 1150. The summed E-state index contributed by atoms with van der Waals surface area (Å²) in [6.45, 7) is 26.3. The molecule has 0 saturated carbocycles. The van der Waals surface area contributed by atoms with Crippen molar-refractivity contribution in [1.29, 1.82) is 0 Å². The molecule has 3 N–H and O–H groups in total. The summed E-state index contributed by atoms with van der Waals surface area (Å²) >= 11 is 0. The van der Waals surface area contributed by atoms with Crippen LogP contribution in [0.3, 0.4) is 0 Å². The van der Waals surface area contributed by atoms with Gasteiger partial charge in [-0.15, -0.1) is 5.06 Å². The number of esters is 2. The van der Waals surface area contributed by atoms with Gasteiger partial charge in [0.25, 0.3) is 0 Å². The monoisotopic (exact) mass is 585 g/mol. The van der Waals surface area contributed by atoms with E-state index in [9.17, 15) is 25.0 Å². The number of benzene rings is 2. The van der Waals surface area contributed by atoms with Crippen molar-refractivity contribution in [3.63, 3.8) is 0 Å². The van der Waals surface area contributed by atoms with Crippen molar-refractivity contribution in [1.82, 2.24) is 5.06 Å². The molecule has 0 fully saturated rings. The summed E-state index contributed by atoms with van der Waals surface area (Å²) in [5, 5.41) is 33.4. The van der Waals surface area contributed by atoms with Crippen LogP contribution in [-0.4, -0.2) is 44.9 Å². The smallest absolute Gasteiger partial charge is 0.339 e. The summed E-state index contributed by atoms with van der Waals surface area (Å²) in [5.74, 6) is -1.11. The molecule has 8 nitrogen and oxygen atoms in total. The lowest BCUT2D eigenvalue weighted by Gasteiger charge is -2.30. The molecule has 0 heterocycles. The zero-order chi connectivity index (χ0) is 32.7. The van der Waals surface area contributed by atoms with Crippen LogP contribution in [-0.2, 0) is 31.1 Å². The van der Waals surface area contributed by atoms with Gasteiger partial charge in [-0.1, -0.05) is 83.1 Å². The quantitative estimate of drug-likeness (QED) is 0.180. The molecule has 2 unspecified atom stereocenters. The Morgan fingerprint density at radius 1 is 0.571 bits per heavy atom. The van der Waals surface area contributed by atoms with Gasteiger partial charge in [0.15, 0.2) is 12.5 Å². The number of phenols is 2. The standard InChI is InChI=1S/C34H51NO7/c1-19(41-29(38)21-15-23(31(3,4)5)27(36)24(16-21)32(6,7)8)35(40)20(2)42-30(39)22-17-25(33(9,10)11)28(37)26(18-22)34(12,13)14/h15-20,36-37,40H,1-14H3. The molecule has 0 aliphatic heterocycles. The van der Waals surface area contributed by atoms with Gasteiger partial charge in [-0.05, 0) is 59.8 Å². The maximum Gasteiger partial charge on any atom is 0.339 e. The number of phenolic OH excluding ortho intramolecular Hbond substituents is 2. The van der Waals surface area contributed by atoms with Crippen LogP contribution < -0.4 is 0 Å². The van der Waals surface area contributed by atoms with E-state index in [1.807, 2.05) is 83.1 Å². The van der Waals surface area contributed by atoms with Crippen LogP contribution in [0.25, 0.3) is 0 Å². The lowest BCUT2D eigenvalue weighted by molar-refractivity contribution is -0.257. The molecule has 2 rings (SSSR count). The molecule has 2 atom stereocenters. The van der Waals surface area contributed by atoms with E-state index in [0.29, 0.717) is 27.3 Å². The van der Waals surface area contributed by atoms with E-state index in [1.54, 1.807) is 24.3 Å². The van der Waals surface area contributed by atoms with Crippen molar-refractivity contribution in [3.05, 3.63) is 57.6 Å².